The van der Waals surface area contributed by atoms with Gasteiger partial charge in [0, 0.05) is 67.8 Å². The summed E-state index contributed by atoms with van der Waals surface area (Å²) >= 11 is 0. The summed E-state index contributed by atoms with van der Waals surface area (Å²) in [5, 5.41) is 0.788. The summed E-state index contributed by atoms with van der Waals surface area (Å²) < 4.78 is 104. The number of imidazole rings is 1. The van der Waals surface area contributed by atoms with Gasteiger partial charge >= 0.3 is 0 Å². The van der Waals surface area contributed by atoms with Gasteiger partial charge in [-0.05, 0) is 107 Å². The third kappa shape index (κ3) is 7.98. The van der Waals surface area contributed by atoms with E-state index < -0.39 is 32.9 Å². The normalized spacial score (nSPS) is 16.7. The van der Waals surface area contributed by atoms with E-state index in [1.165, 1.54) is 6.07 Å². The maximum Gasteiger partial charge on any atom is 0.228 e. The van der Waals surface area contributed by atoms with Crippen LogP contribution in [-0.2, 0) is 38.3 Å². The quantitative estimate of drug-likeness (QED) is 0.154. The van der Waals surface area contributed by atoms with Gasteiger partial charge in [0.2, 0.25) is 5.71 Å². The average molecular weight is 1090 g/mol. The zero-order valence-electron chi connectivity index (χ0n) is 49.3. The minimum atomic E-state index is -2.76. The number of hydrogen-bond donors (Lipinski definition) is 0. The van der Waals surface area contributed by atoms with Crippen molar-refractivity contribution < 1.29 is 42.6 Å². The third-order valence-electron chi connectivity index (χ3n) is 12.7. The van der Waals surface area contributed by atoms with Crippen LogP contribution in [0.4, 0.5) is 0 Å². The molecular weight excluding hydrogens is 1030 g/mol. The number of benzene rings is 6. The van der Waals surface area contributed by atoms with Crippen LogP contribution >= 0.6 is 0 Å². The molecular formula is C61H55IrN5O2-2. The van der Waals surface area contributed by atoms with Crippen molar-refractivity contribution in [2.75, 3.05) is 0 Å². The van der Waals surface area contributed by atoms with Crippen LogP contribution in [0.3, 0.4) is 0 Å². The Hall–Kier alpha value is -6.73. The van der Waals surface area contributed by atoms with Crippen LogP contribution < -0.4 is 0 Å². The van der Waals surface area contributed by atoms with Crippen LogP contribution in [0.2, 0.25) is 0 Å². The second kappa shape index (κ2) is 18.0. The number of rotatable bonds is 6. The predicted molar refractivity (Wildman–Crippen MR) is 278 cm³/mol. The maximum atomic E-state index is 9.32. The molecule has 8 heteroatoms. The Bertz CT molecular complexity index is 4130. The van der Waals surface area contributed by atoms with Gasteiger partial charge in [-0.2, -0.15) is 0 Å². The van der Waals surface area contributed by atoms with Crippen molar-refractivity contribution in [3.63, 3.8) is 0 Å². The van der Waals surface area contributed by atoms with E-state index in [1.54, 1.807) is 36.4 Å². The smallest absolute Gasteiger partial charge is 0.228 e. The van der Waals surface area contributed by atoms with Crippen LogP contribution in [0.5, 0.6) is 0 Å². The number of hydrogen-bond acceptors (Lipinski definition) is 6. The van der Waals surface area contributed by atoms with E-state index in [2.05, 4.69) is 82.7 Å². The molecule has 347 valence electrons. The summed E-state index contributed by atoms with van der Waals surface area (Å²) in [6, 6.07) is 41.9. The second-order valence-electron chi connectivity index (χ2n) is 19.0. The molecule has 69 heavy (non-hydrogen) atoms. The van der Waals surface area contributed by atoms with E-state index in [1.807, 2.05) is 71.4 Å². The monoisotopic (exact) mass is 1090 g/mol. The topological polar surface area (TPSA) is 82.8 Å². The molecule has 11 aromatic rings. The van der Waals surface area contributed by atoms with Crippen molar-refractivity contribution in [3.05, 3.63) is 173 Å². The minimum absolute atomic E-state index is 0. The van der Waals surface area contributed by atoms with E-state index in [-0.39, 0.29) is 104 Å². The van der Waals surface area contributed by atoms with E-state index in [9.17, 15) is 2.74 Å². The summed E-state index contributed by atoms with van der Waals surface area (Å²) in [5.74, 6) is 0.799. The number of aryl methyl sites for hydroxylation is 4. The van der Waals surface area contributed by atoms with Gasteiger partial charge in [0.15, 0.2) is 0 Å². The van der Waals surface area contributed by atoms with Gasteiger partial charge < -0.3 is 13.4 Å². The van der Waals surface area contributed by atoms with E-state index in [4.69, 9.17) is 29.8 Å². The van der Waals surface area contributed by atoms with Crippen LogP contribution in [0.1, 0.15) is 120 Å². The number of pyridine rings is 1. The summed E-state index contributed by atoms with van der Waals surface area (Å²) in [4.78, 5) is 18.9. The minimum Gasteiger partial charge on any atom is -0.499 e. The van der Waals surface area contributed by atoms with Gasteiger partial charge in [-0.15, -0.1) is 53.6 Å². The molecule has 1 radical (unpaired) electrons. The molecule has 7 nitrogen and oxygen atoms in total. The van der Waals surface area contributed by atoms with E-state index in [0.29, 0.717) is 27.7 Å². The first-order chi connectivity index (χ1) is 36.7. The number of aromatic nitrogens is 5. The molecule has 5 aromatic heterocycles. The Morgan fingerprint density at radius 1 is 0.754 bits per heavy atom. The third-order valence-corrected chi connectivity index (χ3v) is 12.7. The summed E-state index contributed by atoms with van der Waals surface area (Å²) in [7, 11) is 0. The van der Waals surface area contributed by atoms with Crippen molar-refractivity contribution in [1.29, 1.82) is 0 Å². The van der Waals surface area contributed by atoms with E-state index >= 15 is 0 Å². The van der Waals surface area contributed by atoms with Crippen LogP contribution in [-0.4, -0.2) is 24.5 Å². The predicted octanol–water partition coefficient (Wildman–Crippen LogP) is 15.9. The fourth-order valence-corrected chi connectivity index (χ4v) is 9.30. The molecule has 1 aliphatic carbocycles. The zero-order valence-corrected chi connectivity index (χ0v) is 41.7. The first-order valence-electron chi connectivity index (χ1n) is 28.0. The fraction of sp³-hybridized carbons (Fsp3) is 0.246. The Morgan fingerprint density at radius 3 is 2.25 bits per heavy atom. The number of fused-ring (bicyclic) bond motifs is 9. The molecule has 0 aliphatic heterocycles. The molecule has 12 rings (SSSR count). The summed E-state index contributed by atoms with van der Waals surface area (Å²) in [6.45, 7) is 9.27. The zero-order chi connectivity index (χ0) is 55.6. The SMILES string of the molecule is CC(C)(C)c1ccnc(-c2[c-]cccc2)n1.[2H]C([2H])([2H])c1c2oc3c(-c4nc5ccc6c(c5n4-c4c(C(C)C)cc(-c5ccccc5)cc4C(C)C)C([2H])([2H])CC6([2H])[2H])[c-]cc(C([2H])([2H])[2H])c3c2nc2oc3ccccc3c12.[Ir]. The maximum absolute atomic E-state index is 9.32. The molecule has 0 amide bonds. The van der Waals surface area contributed by atoms with Gasteiger partial charge in [-0.1, -0.05) is 115 Å². The second-order valence-corrected chi connectivity index (χ2v) is 19.0. The molecule has 5 heterocycles. The standard InChI is InChI=1S/C47H40N3O2.C14H15N2.Ir/c1-25(2)35-23-31(29-13-8-7-9-14-29)24-36(26(3)4)42(35)50-43-32-17-12-15-30(32)20-22-37(43)48-46(50)34-21-19-27(5)39-41-44(52-45(34)39)28(6)40-33-16-10-11-18-38(33)51-47(40)49-41;1-14(2,3)12-9-10-15-13(16-12)11-7-5-4-6-8-11;/h7-11,13-14,16,18-20,22-26H,12,15,17H2,1-6H3;4-7,9-10H,1-3H3;/q2*-1;/i5D3,6D3,15D2,17D2;;. The molecule has 0 spiro atoms. The van der Waals surface area contributed by atoms with Crippen LogP contribution in [0.25, 0.3) is 94.8 Å². The summed E-state index contributed by atoms with van der Waals surface area (Å²) in [6.07, 6.45) is -2.68. The van der Waals surface area contributed by atoms with Gasteiger partial charge in [-0.25, -0.2) is 4.98 Å². The fourth-order valence-electron chi connectivity index (χ4n) is 9.30. The molecule has 0 N–H and O–H groups in total. The van der Waals surface area contributed by atoms with Crippen molar-refractivity contribution in [2.24, 2.45) is 0 Å². The van der Waals surface area contributed by atoms with Gasteiger partial charge in [0.25, 0.3) is 0 Å². The Balaban J connectivity index is 0.000000356. The van der Waals surface area contributed by atoms with Crippen molar-refractivity contribution >= 4 is 55.2 Å². The van der Waals surface area contributed by atoms with Crippen LogP contribution in [0, 0.1) is 25.8 Å². The molecule has 0 saturated carbocycles. The molecule has 0 bridgehead atoms. The molecule has 0 saturated heterocycles. The number of furan rings is 2. The number of nitrogens with zero attached hydrogens (tertiary/aromatic N) is 5. The number of para-hydroxylation sites is 1. The first-order valence-corrected chi connectivity index (χ1v) is 23.0. The molecule has 0 atom stereocenters. The van der Waals surface area contributed by atoms with Gasteiger partial charge in [0.05, 0.1) is 33.7 Å². The van der Waals surface area contributed by atoms with Crippen molar-refractivity contribution in [3.8, 4) is 39.6 Å². The van der Waals surface area contributed by atoms with Crippen molar-refractivity contribution in [1.82, 2.24) is 24.5 Å². The molecule has 1 aliphatic rings. The van der Waals surface area contributed by atoms with Gasteiger partial charge in [0.1, 0.15) is 16.7 Å². The average Bonchev–Trinajstić information content (AvgIpc) is 3.75. The largest absolute Gasteiger partial charge is 0.499 e. The van der Waals surface area contributed by atoms with E-state index in [0.717, 1.165) is 39.3 Å². The van der Waals surface area contributed by atoms with Crippen LogP contribution in [0.15, 0.2) is 130 Å². The molecule has 0 fully saturated rings. The Labute approximate surface area is 431 Å². The van der Waals surface area contributed by atoms with Crippen molar-refractivity contribution in [2.45, 2.75) is 98.6 Å². The van der Waals surface area contributed by atoms with Gasteiger partial charge in [-0.3, -0.25) is 15.0 Å². The first kappa shape index (κ1) is 35.4. The molecule has 0 unspecified atom stereocenters. The molecule has 6 aromatic carbocycles. The summed E-state index contributed by atoms with van der Waals surface area (Å²) in [5.41, 5.74) is 7.81. The Morgan fingerprint density at radius 2 is 1.52 bits per heavy atom. The Kier molecular flexibility index (Phi) is 9.22.